The van der Waals surface area contributed by atoms with Crippen LogP contribution in [0.2, 0.25) is 0 Å². The summed E-state index contributed by atoms with van der Waals surface area (Å²) in [5.74, 6) is 0.625. The molecule has 0 aromatic carbocycles. The molecule has 2 N–H and O–H groups in total. The Morgan fingerprint density at radius 1 is 1.28 bits per heavy atom. The van der Waals surface area contributed by atoms with Gasteiger partial charge >= 0.3 is 0 Å². The maximum atomic E-state index is 12.1. The minimum absolute atomic E-state index is 0.107. The van der Waals surface area contributed by atoms with Crippen LogP contribution in [0, 0.1) is 5.92 Å². The number of nitrogens with zero attached hydrogens (tertiary/aromatic N) is 1. The van der Waals surface area contributed by atoms with Crippen molar-refractivity contribution in [3.8, 4) is 0 Å². The quantitative estimate of drug-likeness (QED) is 0.758. The molecule has 2 heterocycles. The Balaban J connectivity index is 1.82. The van der Waals surface area contributed by atoms with Gasteiger partial charge in [0.2, 0.25) is 10.0 Å². The van der Waals surface area contributed by atoms with E-state index in [9.17, 15) is 8.42 Å². The number of hydrogen-bond donors (Lipinski definition) is 2. The number of likely N-dealkylation sites (tertiary alicyclic amines) is 1. The van der Waals surface area contributed by atoms with Crippen molar-refractivity contribution in [3.63, 3.8) is 0 Å². The van der Waals surface area contributed by atoms with Gasteiger partial charge in [0.15, 0.2) is 0 Å². The molecule has 1 atom stereocenters. The molecule has 106 valence electrons. The van der Waals surface area contributed by atoms with Crippen LogP contribution >= 0.6 is 0 Å². The van der Waals surface area contributed by atoms with E-state index < -0.39 is 10.0 Å². The van der Waals surface area contributed by atoms with Crippen molar-refractivity contribution >= 4 is 10.0 Å². The summed E-state index contributed by atoms with van der Waals surface area (Å²) in [4.78, 5) is 2.20. The lowest BCUT2D eigenvalue weighted by atomic mass is 10.0. The lowest BCUT2D eigenvalue weighted by Crippen LogP contribution is -2.47. The first-order valence-corrected chi connectivity index (χ1v) is 8.60. The lowest BCUT2D eigenvalue weighted by Gasteiger charge is -2.30. The molecule has 0 aliphatic carbocycles. The highest BCUT2D eigenvalue weighted by Crippen LogP contribution is 2.15. The number of likely N-dealkylation sites (N-methyl/N-ethyl adjacent to an activating group) is 1. The minimum atomic E-state index is -3.11. The first kappa shape index (κ1) is 14.2. The summed E-state index contributed by atoms with van der Waals surface area (Å²) < 4.78 is 27.1. The second kappa shape index (κ2) is 6.32. The van der Waals surface area contributed by atoms with Crippen molar-refractivity contribution in [2.24, 2.45) is 5.92 Å². The maximum absolute atomic E-state index is 12.1. The number of nitrogens with one attached hydrogen (secondary N) is 2. The highest BCUT2D eigenvalue weighted by molar-refractivity contribution is 7.89. The van der Waals surface area contributed by atoms with E-state index in [2.05, 4.69) is 14.9 Å². The van der Waals surface area contributed by atoms with Gasteiger partial charge < -0.3 is 10.2 Å². The topological polar surface area (TPSA) is 61.4 Å². The van der Waals surface area contributed by atoms with Gasteiger partial charge in [0.25, 0.3) is 0 Å². The number of piperidine rings is 2. The van der Waals surface area contributed by atoms with Crippen molar-refractivity contribution < 1.29 is 8.42 Å². The van der Waals surface area contributed by atoms with E-state index in [1.807, 2.05) is 7.05 Å². The Labute approximate surface area is 110 Å². The lowest BCUT2D eigenvalue weighted by molar-refractivity contribution is 0.242. The van der Waals surface area contributed by atoms with Gasteiger partial charge in [0, 0.05) is 12.6 Å². The van der Waals surface area contributed by atoms with Crippen LogP contribution in [-0.2, 0) is 10.0 Å². The first-order chi connectivity index (χ1) is 8.55. The van der Waals surface area contributed by atoms with Gasteiger partial charge in [-0.15, -0.1) is 0 Å². The van der Waals surface area contributed by atoms with Gasteiger partial charge in [-0.2, -0.15) is 0 Å². The number of rotatable bonds is 4. The molecule has 18 heavy (non-hydrogen) atoms. The molecule has 0 aromatic heterocycles. The second-order valence-electron chi connectivity index (χ2n) is 5.69. The Bertz CT molecular complexity index is 352. The molecule has 1 unspecified atom stereocenters. The fourth-order valence-corrected chi connectivity index (χ4v) is 4.67. The molecule has 6 heteroatoms. The van der Waals surface area contributed by atoms with Gasteiger partial charge in [-0.25, -0.2) is 13.1 Å². The van der Waals surface area contributed by atoms with E-state index >= 15 is 0 Å². The largest absolute Gasteiger partial charge is 0.317 e. The van der Waals surface area contributed by atoms with Gasteiger partial charge in [-0.05, 0) is 58.3 Å². The highest BCUT2D eigenvalue weighted by atomic mass is 32.2. The molecule has 0 saturated carbocycles. The van der Waals surface area contributed by atoms with Crippen molar-refractivity contribution in [3.05, 3.63) is 0 Å². The van der Waals surface area contributed by atoms with E-state index in [1.54, 1.807) is 0 Å². The molecule has 0 radical (unpaired) electrons. The van der Waals surface area contributed by atoms with Crippen molar-refractivity contribution in [2.45, 2.75) is 31.7 Å². The van der Waals surface area contributed by atoms with Crippen LogP contribution in [0.5, 0.6) is 0 Å². The normalized spacial score (nSPS) is 28.4. The fraction of sp³-hybridized carbons (Fsp3) is 1.00. The molecule has 2 aliphatic rings. The SMILES string of the molecule is CN1CCCC(NS(=O)(=O)CC2CCNCC2)C1. The van der Waals surface area contributed by atoms with Crippen LogP contribution in [0.1, 0.15) is 25.7 Å². The van der Waals surface area contributed by atoms with Crippen LogP contribution in [0.25, 0.3) is 0 Å². The van der Waals surface area contributed by atoms with Crippen molar-refractivity contribution in [2.75, 3.05) is 39.0 Å². The molecule has 2 saturated heterocycles. The zero-order valence-corrected chi connectivity index (χ0v) is 12.0. The van der Waals surface area contributed by atoms with E-state index in [-0.39, 0.29) is 6.04 Å². The van der Waals surface area contributed by atoms with Gasteiger partial charge in [0.05, 0.1) is 5.75 Å². The molecule has 5 nitrogen and oxygen atoms in total. The van der Waals surface area contributed by atoms with Crippen molar-refractivity contribution in [1.82, 2.24) is 14.9 Å². The molecule has 0 amide bonds. The van der Waals surface area contributed by atoms with Crippen LogP contribution in [0.15, 0.2) is 0 Å². The summed E-state index contributed by atoms with van der Waals surface area (Å²) in [5, 5.41) is 3.27. The van der Waals surface area contributed by atoms with Crippen LogP contribution in [-0.4, -0.2) is 58.3 Å². The third-order valence-corrected chi connectivity index (χ3v) is 5.49. The Kier molecular flexibility index (Phi) is 5.00. The van der Waals surface area contributed by atoms with E-state index in [4.69, 9.17) is 0 Å². The third kappa shape index (κ3) is 4.50. The van der Waals surface area contributed by atoms with Gasteiger partial charge in [0.1, 0.15) is 0 Å². The molecule has 0 bridgehead atoms. The minimum Gasteiger partial charge on any atom is -0.317 e. The summed E-state index contributed by atoms with van der Waals surface area (Å²) in [7, 11) is -1.06. The predicted octanol–water partition coefficient (Wildman–Crippen LogP) is -0.000400. The molecular formula is C12H25N3O2S. The molecule has 0 aromatic rings. The van der Waals surface area contributed by atoms with Crippen LogP contribution in [0.4, 0.5) is 0 Å². The van der Waals surface area contributed by atoms with Crippen molar-refractivity contribution in [1.29, 1.82) is 0 Å². The second-order valence-corrected chi connectivity index (χ2v) is 7.49. The standard InChI is InChI=1S/C12H25N3O2S/c1-15-8-2-3-12(9-15)14-18(16,17)10-11-4-6-13-7-5-11/h11-14H,2-10H2,1H3. The summed E-state index contributed by atoms with van der Waals surface area (Å²) in [6.07, 6.45) is 4.00. The fourth-order valence-electron chi connectivity index (χ4n) is 2.92. The zero-order chi connectivity index (χ0) is 13.0. The first-order valence-electron chi connectivity index (χ1n) is 6.94. The summed E-state index contributed by atoms with van der Waals surface area (Å²) in [5.41, 5.74) is 0. The molecular weight excluding hydrogens is 250 g/mol. The molecule has 2 rings (SSSR count). The van der Waals surface area contributed by atoms with Gasteiger partial charge in [-0.3, -0.25) is 0 Å². The smallest absolute Gasteiger partial charge is 0.212 e. The predicted molar refractivity (Wildman–Crippen MR) is 73.0 cm³/mol. The Morgan fingerprint density at radius 2 is 2.00 bits per heavy atom. The number of hydrogen-bond acceptors (Lipinski definition) is 4. The Hall–Kier alpha value is -0.170. The average Bonchev–Trinajstić information content (AvgIpc) is 2.28. The zero-order valence-electron chi connectivity index (χ0n) is 11.2. The summed E-state index contributed by atoms with van der Waals surface area (Å²) in [6, 6.07) is 0.107. The van der Waals surface area contributed by atoms with E-state index in [1.165, 1.54) is 0 Å². The highest BCUT2D eigenvalue weighted by Gasteiger charge is 2.25. The maximum Gasteiger partial charge on any atom is 0.212 e. The number of sulfonamides is 1. The summed E-state index contributed by atoms with van der Waals surface area (Å²) >= 11 is 0. The molecule has 0 spiro atoms. The van der Waals surface area contributed by atoms with Crippen LogP contribution in [0.3, 0.4) is 0 Å². The van der Waals surface area contributed by atoms with E-state index in [0.717, 1.165) is 51.9 Å². The van der Waals surface area contributed by atoms with Gasteiger partial charge in [-0.1, -0.05) is 0 Å². The van der Waals surface area contributed by atoms with Crippen LogP contribution < -0.4 is 10.0 Å². The molecule has 2 aliphatic heterocycles. The third-order valence-electron chi connectivity index (χ3n) is 3.88. The summed E-state index contributed by atoms with van der Waals surface area (Å²) in [6.45, 7) is 3.82. The van der Waals surface area contributed by atoms with E-state index in [0.29, 0.717) is 11.7 Å². The monoisotopic (exact) mass is 275 g/mol. The average molecular weight is 275 g/mol. The Morgan fingerprint density at radius 3 is 2.67 bits per heavy atom. The molecule has 2 fully saturated rings.